The highest BCUT2D eigenvalue weighted by Gasteiger charge is 2.16. The molecule has 0 atom stereocenters. The number of aromatic nitrogens is 1. The SMILES string of the molecule is N#CCC(=O)c1cccc(OCC2CCCC2)n1. The van der Waals surface area contributed by atoms with Crippen molar-refractivity contribution in [3.63, 3.8) is 0 Å². The second-order valence-corrected chi connectivity index (χ2v) is 4.58. The molecule has 18 heavy (non-hydrogen) atoms. The Hall–Kier alpha value is -1.89. The molecule has 0 spiro atoms. The summed E-state index contributed by atoms with van der Waals surface area (Å²) in [6, 6.07) is 6.93. The van der Waals surface area contributed by atoms with Gasteiger partial charge >= 0.3 is 0 Å². The van der Waals surface area contributed by atoms with Crippen LogP contribution in [0, 0.1) is 17.2 Å². The summed E-state index contributed by atoms with van der Waals surface area (Å²) in [4.78, 5) is 15.6. The molecule has 1 aliphatic rings. The molecule has 0 aliphatic heterocycles. The van der Waals surface area contributed by atoms with Gasteiger partial charge in [-0.1, -0.05) is 18.9 Å². The predicted molar refractivity (Wildman–Crippen MR) is 66.3 cm³/mol. The number of nitrogens with zero attached hydrogens (tertiary/aromatic N) is 2. The highest BCUT2D eigenvalue weighted by Crippen LogP contribution is 2.25. The van der Waals surface area contributed by atoms with Gasteiger partial charge in [0, 0.05) is 6.07 Å². The molecular weight excluding hydrogens is 228 g/mol. The number of hydrogen-bond acceptors (Lipinski definition) is 4. The monoisotopic (exact) mass is 244 g/mol. The maximum Gasteiger partial charge on any atom is 0.213 e. The molecule has 0 radical (unpaired) electrons. The van der Waals surface area contributed by atoms with Crippen molar-refractivity contribution in [2.75, 3.05) is 6.61 Å². The molecule has 0 amide bonds. The van der Waals surface area contributed by atoms with Crippen LogP contribution >= 0.6 is 0 Å². The van der Waals surface area contributed by atoms with E-state index in [0.29, 0.717) is 24.1 Å². The van der Waals surface area contributed by atoms with Crippen LogP contribution in [0.1, 0.15) is 42.6 Å². The van der Waals surface area contributed by atoms with Gasteiger partial charge < -0.3 is 4.74 Å². The van der Waals surface area contributed by atoms with Gasteiger partial charge in [-0.05, 0) is 24.8 Å². The molecule has 2 rings (SSSR count). The van der Waals surface area contributed by atoms with E-state index in [9.17, 15) is 4.79 Å². The Kier molecular flexibility index (Phi) is 4.30. The number of ketones is 1. The summed E-state index contributed by atoms with van der Waals surface area (Å²) in [5, 5.41) is 8.48. The third-order valence-corrected chi connectivity index (χ3v) is 3.19. The smallest absolute Gasteiger partial charge is 0.213 e. The highest BCUT2D eigenvalue weighted by atomic mass is 16.5. The summed E-state index contributed by atoms with van der Waals surface area (Å²) in [6.07, 6.45) is 4.85. The predicted octanol–water partition coefficient (Wildman–Crippen LogP) is 2.75. The van der Waals surface area contributed by atoms with Gasteiger partial charge in [-0.25, -0.2) is 4.98 Å². The highest BCUT2D eigenvalue weighted by molar-refractivity contribution is 5.95. The lowest BCUT2D eigenvalue weighted by Crippen LogP contribution is -2.10. The van der Waals surface area contributed by atoms with Gasteiger partial charge in [-0.3, -0.25) is 4.79 Å². The van der Waals surface area contributed by atoms with Crippen molar-refractivity contribution in [1.82, 2.24) is 4.98 Å². The second kappa shape index (κ2) is 6.15. The Bertz CT molecular complexity index is 459. The molecule has 1 heterocycles. The Morgan fingerprint density at radius 1 is 1.44 bits per heavy atom. The van der Waals surface area contributed by atoms with Crippen molar-refractivity contribution in [3.8, 4) is 11.9 Å². The van der Waals surface area contributed by atoms with Gasteiger partial charge in [0.05, 0.1) is 12.7 Å². The summed E-state index contributed by atoms with van der Waals surface area (Å²) in [5.74, 6) is 0.833. The lowest BCUT2D eigenvalue weighted by atomic mass is 10.1. The van der Waals surface area contributed by atoms with Crippen LogP contribution < -0.4 is 4.74 Å². The zero-order valence-electron chi connectivity index (χ0n) is 10.3. The van der Waals surface area contributed by atoms with Gasteiger partial charge in [-0.2, -0.15) is 5.26 Å². The van der Waals surface area contributed by atoms with E-state index in [1.165, 1.54) is 25.7 Å². The van der Waals surface area contributed by atoms with E-state index >= 15 is 0 Å². The van der Waals surface area contributed by atoms with Crippen LogP contribution in [0.15, 0.2) is 18.2 Å². The van der Waals surface area contributed by atoms with E-state index in [1.54, 1.807) is 18.2 Å². The molecule has 4 nitrogen and oxygen atoms in total. The van der Waals surface area contributed by atoms with E-state index < -0.39 is 0 Å². The topological polar surface area (TPSA) is 63.0 Å². The second-order valence-electron chi connectivity index (χ2n) is 4.58. The zero-order valence-corrected chi connectivity index (χ0v) is 10.3. The van der Waals surface area contributed by atoms with E-state index in [1.807, 2.05) is 6.07 Å². The average molecular weight is 244 g/mol. The van der Waals surface area contributed by atoms with Gasteiger partial charge in [0.15, 0.2) is 5.78 Å². The van der Waals surface area contributed by atoms with Crippen molar-refractivity contribution in [2.45, 2.75) is 32.1 Å². The van der Waals surface area contributed by atoms with Gasteiger partial charge in [0.1, 0.15) is 12.1 Å². The van der Waals surface area contributed by atoms with Crippen LogP contribution in [0.4, 0.5) is 0 Å². The van der Waals surface area contributed by atoms with E-state index in [0.717, 1.165) is 0 Å². The van der Waals surface area contributed by atoms with Gasteiger partial charge in [0.2, 0.25) is 5.88 Å². The van der Waals surface area contributed by atoms with E-state index in [-0.39, 0.29) is 12.2 Å². The first-order valence-electron chi connectivity index (χ1n) is 6.29. The molecule has 94 valence electrons. The van der Waals surface area contributed by atoms with Crippen molar-refractivity contribution < 1.29 is 9.53 Å². The third kappa shape index (κ3) is 3.30. The zero-order chi connectivity index (χ0) is 12.8. The first-order chi connectivity index (χ1) is 8.79. The number of hydrogen-bond donors (Lipinski definition) is 0. The normalized spacial score (nSPS) is 15.3. The van der Waals surface area contributed by atoms with Crippen molar-refractivity contribution in [2.24, 2.45) is 5.92 Å². The fraction of sp³-hybridized carbons (Fsp3) is 0.500. The van der Waals surface area contributed by atoms with Crippen LogP contribution in [0.25, 0.3) is 0 Å². The Morgan fingerprint density at radius 2 is 2.22 bits per heavy atom. The first kappa shape index (κ1) is 12.6. The van der Waals surface area contributed by atoms with Gasteiger partial charge in [0.25, 0.3) is 0 Å². The minimum Gasteiger partial charge on any atom is -0.477 e. The largest absolute Gasteiger partial charge is 0.477 e. The summed E-state index contributed by atoms with van der Waals surface area (Å²) in [6.45, 7) is 0.670. The van der Waals surface area contributed by atoms with Crippen molar-refractivity contribution >= 4 is 5.78 Å². The lowest BCUT2D eigenvalue weighted by molar-refractivity contribution is 0.0991. The molecule has 1 fully saturated rings. The van der Waals surface area contributed by atoms with E-state index in [2.05, 4.69) is 4.98 Å². The molecule has 0 bridgehead atoms. The van der Waals surface area contributed by atoms with Gasteiger partial charge in [-0.15, -0.1) is 0 Å². The standard InChI is InChI=1S/C14H16N2O2/c15-9-8-13(17)12-6-3-7-14(16-12)18-10-11-4-1-2-5-11/h3,6-7,11H,1-2,4-5,8,10H2. The number of carbonyl (C=O) groups excluding carboxylic acids is 1. The number of nitriles is 1. The van der Waals surface area contributed by atoms with Crippen LogP contribution in [0.3, 0.4) is 0 Å². The number of pyridine rings is 1. The lowest BCUT2D eigenvalue weighted by Gasteiger charge is -2.10. The molecule has 4 heteroatoms. The molecule has 0 aromatic carbocycles. The Morgan fingerprint density at radius 3 is 2.94 bits per heavy atom. The Labute approximate surface area is 107 Å². The molecule has 0 unspecified atom stereocenters. The summed E-state index contributed by atoms with van der Waals surface area (Å²) < 4.78 is 5.61. The van der Waals surface area contributed by atoms with Crippen LogP contribution in [0.2, 0.25) is 0 Å². The number of rotatable bonds is 5. The molecule has 1 aromatic heterocycles. The molecule has 0 N–H and O–H groups in total. The molecule has 1 aliphatic carbocycles. The summed E-state index contributed by atoms with van der Waals surface area (Å²) in [7, 11) is 0. The Balaban J connectivity index is 1.94. The van der Waals surface area contributed by atoms with Crippen LogP contribution in [-0.2, 0) is 0 Å². The summed E-state index contributed by atoms with van der Waals surface area (Å²) >= 11 is 0. The molecule has 1 aromatic rings. The maximum atomic E-state index is 11.5. The first-order valence-corrected chi connectivity index (χ1v) is 6.29. The fourth-order valence-electron chi connectivity index (χ4n) is 2.19. The third-order valence-electron chi connectivity index (χ3n) is 3.19. The quantitative estimate of drug-likeness (QED) is 0.747. The number of Topliss-reactive ketones (excluding diaryl/α,β-unsaturated/α-hetero) is 1. The molecule has 1 saturated carbocycles. The van der Waals surface area contributed by atoms with E-state index in [4.69, 9.17) is 10.00 Å². The fourth-order valence-corrected chi connectivity index (χ4v) is 2.19. The molecule has 0 saturated heterocycles. The minimum atomic E-state index is -0.260. The molecular formula is C14H16N2O2. The summed E-state index contributed by atoms with van der Waals surface area (Å²) in [5.41, 5.74) is 0.306. The maximum absolute atomic E-state index is 11.5. The minimum absolute atomic E-state index is 0.140. The number of ether oxygens (including phenoxy) is 1. The average Bonchev–Trinajstić information content (AvgIpc) is 2.90. The number of carbonyl (C=O) groups is 1. The van der Waals surface area contributed by atoms with Crippen molar-refractivity contribution in [1.29, 1.82) is 5.26 Å². The van der Waals surface area contributed by atoms with Crippen molar-refractivity contribution in [3.05, 3.63) is 23.9 Å². The van der Waals surface area contributed by atoms with Crippen LogP contribution in [-0.4, -0.2) is 17.4 Å². The van der Waals surface area contributed by atoms with Crippen LogP contribution in [0.5, 0.6) is 5.88 Å².